The summed E-state index contributed by atoms with van der Waals surface area (Å²) in [6.45, 7) is 2.79. The monoisotopic (exact) mass is 358 g/mol. The van der Waals surface area contributed by atoms with Crippen molar-refractivity contribution in [2.24, 2.45) is 0 Å². The van der Waals surface area contributed by atoms with Gasteiger partial charge in [-0.1, -0.05) is 6.42 Å². The summed E-state index contributed by atoms with van der Waals surface area (Å²) in [4.78, 5) is 25.6. The molecule has 142 valence electrons. The summed E-state index contributed by atoms with van der Waals surface area (Å²) in [6.07, 6.45) is 14.9. The van der Waals surface area contributed by atoms with E-state index in [4.69, 9.17) is 9.72 Å². The molecule has 0 atom stereocenters. The number of carbonyl (C=O) groups excluding carboxylic acids is 1. The van der Waals surface area contributed by atoms with Crippen LogP contribution in [0.1, 0.15) is 64.2 Å². The van der Waals surface area contributed by atoms with E-state index >= 15 is 0 Å². The van der Waals surface area contributed by atoms with Gasteiger partial charge in [-0.3, -0.25) is 9.78 Å². The standard InChI is InChI=1S/C20H30N4O2/c25-20-8-4-5-11-24(20)16-9-12-23(13-10-16)18-14-21-15-19(22-18)26-17-6-2-1-3-7-17/h14-17H,1-13H2. The van der Waals surface area contributed by atoms with Gasteiger partial charge in [-0.2, -0.15) is 4.98 Å². The van der Waals surface area contributed by atoms with Crippen molar-refractivity contribution in [1.29, 1.82) is 0 Å². The lowest BCUT2D eigenvalue weighted by Crippen LogP contribution is -2.49. The Labute approximate surface area is 155 Å². The number of amides is 1. The summed E-state index contributed by atoms with van der Waals surface area (Å²) < 4.78 is 6.06. The van der Waals surface area contributed by atoms with Gasteiger partial charge in [0.05, 0.1) is 12.4 Å². The summed E-state index contributed by atoms with van der Waals surface area (Å²) in [7, 11) is 0. The van der Waals surface area contributed by atoms with E-state index in [1.54, 1.807) is 6.20 Å². The largest absolute Gasteiger partial charge is 0.473 e. The number of piperidine rings is 2. The highest BCUT2D eigenvalue weighted by Crippen LogP contribution is 2.26. The molecule has 6 heteroatoms. The minimum atomic E-state index is 0.296. The molecule has 3 fully saturated rings. The van der Waals surface area contributed by atoms with Gasteiger partial charge in [-0.25, -0.2) is 0 Å². The second-order valence-corrected chi connectivity index (χ2v) is 7.86. The van der Waals surface area contributed by atoms with E-state index in [-0.39, 0.29) is 0 Å². The van der Waals surface area contributed by atoms with Gasteiger partial charge in [0.1, 0.15) is 6.10 Å². The molecule has 1 aromatic heterocycles. The van der Waals surface area contributed by atoms with Crippen LogP contribution in [-0.2, 0) is 4.79 Å². The predicted molar refractivity (Wildman–Crippen MR) is 100 cm³/mol. The number of likely N-dealkylation sites (tertiary alicyclic amines) is 1. The van der Waals surface area contributed by atoms with Crippen LogP contribution in [0.4, 0.5) is 5.82 Å². The summed E-state index contributed by atoms with van der Waals surface area (Å²) in [5.41, 5.74) is 0. The Morgan fingerprint density at radius 1 is 0.923 bits per heavy atom. The van der Waals surface area contributed by atoms with Crippen molar-refractivity contribution in [1.82, 2.24) is 14.9 Å². The first kappa shape index (κ1) is 17.6. The summed E-state index contributed by atoms with van der Waals surface area (Å²) in [5, 5.41) is 0. The SMILES string of the molecule is O=C1CCCCN1C1CCN(c2cncc(OC3CCCCC3)n2)CC1. The second-order valence-electron chi connectivity index (χ2n) is 7.86. The Bertz CT molecular complexity index is 610. The molecule has 0 spiro atoms. The van der Waals surface area contributed by atoms with Crippen LogP contribution < -0.4 is 9.64 Å². The van der Waals surface area contributed by atoms with Crippen LogP contribution >= 0.6 is 0 Å². The van der Waals surface area contributed by atoms with Gasteiger partial charge < -0.3 is 14.5 Å². The minimum absolute atomic E-state index is 0.296. The summed E-state index contributed by atoms with van der Waals surface area (Å²) >= 11 is 0. The van der Waals surface area contributed by atoms with E-state index in [0.717, 1.165) is 70.4 Å². The average molecular weight is 358 g/mol. The molecule has 0 bridgehead atoms. The highest BCUT2D eigenvalue weighted by molar-refractivity contribution is 5.77. The third-order valence-electron chi connectivity index (χ3n) is 6.03. The van der Waals surface area contributed by atoms with Crippen molar-refractivity contribution in [3.05, 3.63) is 12.4 Å². The average Bonchev–Trinajstić information content (AvgIpc) is 2.70. The van der Waals surface area contributed by atoms with Crippen molar-refractivity contribution in [3.8, 4) is 5.88 Å². The fraction of sp³-hybridized carbons (Fsp3) is 0.750. The lowest BCUT2D eigenvalue weighted by atomic mass is 9.98. The molecule has 0 unspecified atom stereocenters. The normalized spacial score (nSPS) is 23.3. The van der Waals surface area contributed by atoms with E-state index in [0.29, 0.717) is 23.9 Å². The van der Waals surface area contributed by atoms with Crippen molar-refractivity contribution in [2.75, 3.05) is 24.5 Å². The Hall–Kier alpha value is -1.85. The smallest absolute Gasteiger partial charge is 0.234 e. The molecule has 26 heavy (non-hydrogen) atoms. The van der Waals surface area contributed by atoms with E-state index < -0.39 is 0 Å². The molecule has 1 saturated carbocycles. The molecule has 0 aromatic carbocycles. The number of anilines is 1. The molecule has 4 rings (SSSR count). The van der Waals surface area contributed by atoms with Crippen LogP contribution in [0.2, 0.25) is 0 Å². The summed E-state index contributed by atoms with van der Waals surface area (Å²) in [6, 6.07) is 0.397. The Kier molecular flexibility index (Phi) is 5.56. The molecular formula is C20H30N4O2. The van der Waals surface area contributed by atoms with Crippen LogP contribution in [0.5, 0.6) is 5.88 Å². The van der Waals surface area contributed by atoms with Crippen molar-refractivity contribution < 1.29 is 9.53 Å². The van der Waals surface area contributed by atoms with Crippen molar-refractivity contribution in [3.63, 3.8) is 0 Å². The number of aromatic nitrogens is 2. The van der Waals surface area contributed by atoms with Gasteiger partial charge in [0.25, 0.3) is 0 Å². The molecule has 6 nitrogen and oxygen atoms in total. The predicted octanol–water partition coefficient (Wildman–Crippen LogP) is 3.17. The maximum Gasteiger partial charge on any atom is 0.234 e. The first-order valence-corrected chi connectivity index (χ1v) is 10.3. The number of nitrogens with zero attached hydrogens (tertiary/aromatic N) is 4. The minimum Gasteiger partial charge on any atom is -0.473 e. The molecule has 2 aliphatic heterocycles. The van der Waals surface area contributed by atoms with Crippen LogP contribution in [0, 0.1) is 0 Å². The van der Waals surface area contributed by atoms with Crippen LogP contribution in [0.25, 0.3) is 0 Å². The zero-order valence-corrected chi connectivity index (χ0v) is 15.6. The number of ether oxygens (including phenoxy) is 1. The Morgan fingerprint density at radius 3 is 2.50 bits per heavy atom. The zero-order chi connectivity index (χ0) is 17.8. The van der Waals surface area contributed by atoms with Gasteiger partial charge in [-0.15, -0.1) is 0 Å². The first-order chi connectivity index (χ1) is 12.8. The van der Waals surface area contributed by atoms with Crippen molar-refractivity contribution >= 4 is 11.7 Å². The van der Waals surface area contributed by atoms with Crippen LogP contribution in [0.15, 0.2) is 12.4 Å². The molecule has 1 amide bonds. The lowest BCUT2D eigenvalue weighted by molar-refractivity contribution is -0.136. The Morgan fingerprint density at radius 2 is 1.73 bits per heavy atom. The maximum absolute atomic E-state index is 12.2. The van der Waals surface area contributed by atoms with Gasteiger partial charge >= 0.3 is 0 Å². The van der Waals surface area contributed by atoms with Crippen LogP contribution in [0.3, 0.4) is 0 Å². The molecule has 1 aromatic rings. The topological polar surface area (TPSA) is 58.6 Å². The maximum atomic E-state index is 12.2. The molecule has 0 N–H and O–H groups in total. The Balaban J connectivity index is 1.33. The number of hydrogen-bond acceptors (Lipinski definition) is 5. The fourth-order valence-corrected chi connectivity index (χ4v) is 4.52. The molecule has 3 aliphatic rings. The highest BCUT2D eigenvalue weighted by atomic mass is 16.5. The second kappa shape index (κ2) is 8.23. The summed E-state index contributed by atoms with van der Waals surface area (Å²) in [5.74, 6) is 1.90. The third kappa shape index (κ3) is 4.10. The third-order valence-corrected chi connectivity index (χ3v) is 6.03. The zero-order valence-electron chi connectivity index (χ0n) is 15.6. The van der Waals surface area contributed by atoms with E-state index in [1.165, 1.54) is 19.3 Å². The number of carbonyl (C=O) groups is 1. The first-order valence-electron chi connectivity index (χ1n) is 10.3. The molecule has 3 heterocycles. The van der Waals surface area contributed by atoms with Gasteiger partial charge in [0, 0.05) is 32.1 Å². The number of hydrogen-bond donors (Lipinski definition) is 0. The molecule has 0 radical (unpaired) electrons. The van der Waals surface area contributed by atoms with Crippen molar-refractivity contribution in [2.45, 2.75) is 76.4 Å². The van der Waals surface area contributed by atoms with Crippen LogP contribution in [-0.4, -0.2) is 52.6 Å². The van der Waals surface area contributed by atoms with E-state index in [1.807, 2.05) is 6.20 Å². The van der Waals surface area contributed by atoms with Gasteiger partial charge in [-0.05, 0) is 51.4 Å². The van der Waals surface area contributed by atoms with Gasteiger partial charge in [0.2, 0.25) is 11.8 Å². The van der Waals surface area contributed by atoms with Gasteiger partial charge in [0.15, 0.2) is 5.82 Å². The van der Waals surface area contributed by atoms with E-state index in [2.05, 4.69) is 14.8 Å². The molecular weight excluding hydrogens is 328 g/mol. The fourth-order valence-electron chi connectivity index (χ4n) is 4.52. The lowest BCUT2D eigenvalue weighted by Gasteiger charge is -2.40. The number of rotatable bonds is 4. The van der Waals surface area contributed by atoms with E-state index in [9.17, 15) is 4.79 Å². The molecule has 2 saturated heterocycles. The molecule has 1 aliphatic carbocycles. The quantitative estimate of drug-likeness (QED) is 0.827. The highest BCUT2D eigenvalue weighted by Gasteiger charge is 2.30.